The molecular weight excluding hydrogens is 198 g/mol. The normalized spacial score (nSPS) is 10.6. The van der Waals surface area contributed by atoms with Crippen molar-refractivity contribution in [1.29, 1.82) is 0 Å². The minimum Gasteiger partial charge on any atom is -0.496 e. The van der Waals surface area contributed by atoms with E-state index >= 15 is 0 Å². The molecule has 1 aromatic heterocycles. The van der Waals surface area contributed by atoms with E-state index in [0.717, 1.165) is 25.1 Å². The lowest BCUT2D eigenvalue weighted by molar-refractivity contribution is 0.420. The molecule has 0 aliphatic rings. The van der Waals surface area contributed by atoms with Gasteiger partial charge in [0, 0.05) is 18.1 Å². The highest BCUT2D eigenvalue weighted by molar-refractivity contribution is 5.86. The predicted molar refractivity (Wildman–Crippen MR) is 67.9 cm³/mol. The lowest BCUT2D eigenvalue weighted by Crippen LogP contribution is -1.95. The van der Waals surface area contributed by atoms with Gasteiger partial charge in [-0.25, -0.2) is 0 Å². The van der Waals surface area contributed by atoms with Gasteiger partial charge in [-0.05, 0) is 31.0 Å². The first kappa shape index (κ1) is 10.8. The molecule has 2 nitrogen and oxygen atoms in total. The summed E-state index contributed by atoms with van der Waals surface area (Å²) in [5.41, 5.74) is 1.24. The zero-order valence-electron chi connectivity index (χ0n) is 9.65. The molecule has 2 rings (SSSR count). The molecule has 0 aliphatic heterocycles. The topological polar surface area (TPSA) is 14.2 Å². The molecule has 0 saturated carbocycles. The number of fused-ring (bicyclic) bond motifs is 1. The highest BCUT2D eigenvalue weighted by Gasteiger charge is 2.04. The van der Waals surface area contributed by atoms with Crippen molar-refractivity contribution in [2.24, 2.45) is 0 Å². The number of rotatable bonds is 5. The number of hydrogen-bond acceptors (Lipinski definition) is 1. The molecule has 0 radical (unpaired) electrons. The molecule has 16 heavy (non-hydrogen) atoms. The summed E-state index contributed by atoms with van der Waals surface area (Å²) in [4.78, 5) is 0. The number of hydrogen-bond donors (Lipinski definition) is 0. The summed E-state index contributed by atoms with van der Waals surface area (Å²) >= 11 is 0. The molecule has 0 spiro atoms. The van der Waals surface area contributed by atoms with Crippen LogP contribution in [0.25, 0.3) is 10.9 Å². The maximum absolute atomic E-state index is 5.34. The molecule has 0 bridgehead atoms. The van der Waals surface area contributed by atoms with E-state index < -0.39 is 0 Å². The molecule has 0 fully saturated rings. The van der Waals surface area contributed by atoms with Gasteiger partial charge in [0.2, 0.25) is 0 Å². The van der Waals surface area contributed by atoms with Gasteiger partial charge in [0.25, 0.3) is 0 Å². The van der Waals surface area contributed by atoms with E-state index in [0.29, 0.717) is 0 Å². The third kappa shape index (κ3) is 1.96. The van der Waals surface area contributed by atoms with Gasteiger partial charge in [0.15, 0.2) is 0 Å². The number of allylic oxidation sites excluding steroid dienone is 1. The average Bonchev–Trinajstić information content (AvgIpc) is 2.73. The van der Waals surface area contributed by atoms with E-state index in [1.165, 1.54) is 10.9 Å². The van der Waals surface area contributed by atoms with Crippen molar-refractivity contribution in [1.82, 2.24) is 4.57 Å². The van der Waals surface area contributed by atoms with Crippen molar-refractivity contribution in [2.45, 2.75) is 19.4 Å². The van der Waals surface area contributed by atoms with Crippen LogP contribution in [0.2, 0.25) is 0 Å². The smallest absolute Gasteiger partial charge is 0.128 e. The number of methoxy groups -OCH3 is 1. The van der Waals surface area contributed by atoms with Gasteiger partial charge in [-0.15, -0.1) is 6.58 Å². The molecule has 0 amide bonds. The molecule has 2 heteroatoms. The van der Waals surface area contributed by atoms with Gasteiger partial charge in [-0.3, -0.25) is 0 Å². The molecule has 1 aromatic carbocycles. The Hall–Kier alpha value is -1.70. The number of unbranched alkanes of at least 4 members (excludes halogenated alkanes) is 1. The molecule has 1 heterocycles. The second kappa shape index (κ2) is 4.88. The summed E-state index contributed by atoms with van der Waals surface area (Å²) in [7, 11) is 1.71. The van der Waals surface area contributed by atoms with E-state index in [9.17, 15) is 0 Å². The average molecular weight is 215 g/mol. The van der Waals surface area contributed by atoms with Gasteiger partial charge in [0.05, 0.1) is 12.6 Å². The van der Waals surface area contributed by atoms with Crippen LogP contribution in [0.1, 0.15) is 12.8 Å². The Kier molecular flexibility index (Phi) is 3.30. The van der Waals surface area contributed by atoms with Gasteiger partial charge >= 0.3 is 0 Å². The highest BCUT2D eigenvalue weighted by atomic mass is 16.5. The first-order valence-electron chi connectivity index (χ1n) is 5.59. The van der Waals surface area contributed by atoms with Crippen molar-refractivity contribution < 1.29 is 4.74 Å². The van der Waals surface area contributed by atoms with E-state index in [4.69, 9.17) is 4.74 Å². The highest BCUT2D eigenvalue weighted by Crippen LogP contribution is 2.26. The lowest BCUT2D eigenvalue weighted by Gasteiger charge is -2.05. The van der Waals surface area contributed by atoms with Crippen molar-refractivity contribution in [3.63, 3.8) is 0 Å². The first-order chi connectivity index (χ1) is 7.86. The van der Waals surface area contributed by atoms with Crippen LogP contribution in [0.4, 0.5) is 0 Å². The van der Waals surface area contributed by atoms with Crippen LogP contribution in [0.3, 0.4) is 0 Å². The molecule has 84 valence electrons. The largest absolute Gasteiger partial charge is 0.496 e. The third-order valence-corrected chi connectivity index (χ3v) is 2.80. The van der Waals surface area contributed by atoms with Crippen LogP contribution in [-0.2, 0) is 6.54 Å². The summed E-state index contributed by atoms with van der Waals surface area (Å²) in [6.07, 6.45) is 6.27. The van der Waals surface area contributed by atoms with Crippen LogP contribution in [-0.4, -0.2) is 11.7 Å². The fraction of sp³-hybridized carbons (Fsp3) is 0.286. The fourth-order valence-electron chi connectivity index (χ4n) is 1.97. The molecule has 0 unspecified atom stereocenters. The number of benzene rings is 1. The number of nitrogens with zero attached hydrogens (tertiary/aromatic N) is 1. The SMILES string of the molecule is C=CCCCn1ccc2c(OC)cccc21. The summed E-state index contributed by atoms with van der Waals surface area (Å²) < 4.78 is 7.60. The minimum atomic E-state index is 0.944. The van der Waals surface area contributed by atoms with E-state index in [-0.39, 0.29) is 0 Å². The Balaban J connectivity index is 2.30. The van der Waals surface area contributed by atoms with Crippen molar-refractivity contribution in [3.05, 3.63) is 43.1 Å². The first-order valence-corrected chi connectivity index (χ1v) is 5.59. The Morgan fingerprint density at radius 2 is 2.25 bits per heavy atom. The molecule has 2 aromatic rings. The number of aromatic nitrogens is 1. The monoisotopic (exact) mass is 215 g/mol. The van der Waals surface area contributed by atoms with Crippen LogP contribution in [0, 0.1) is 0 Å². The summed E-state index contributed by atoms with van der Waals surface area (Å²) in [6.45, 7) is 4.77. The maximum Gasteiger partial charge on any atom is 0.128 e. The number of ether oxygens (including phenoxy) is 1. The van der Waals surface area contributed by atoms with Gasteiger partial charge in [-0.1, -0.05) is 12.1 Å². The van der Waals surface area contributed by atoms with Crippen molar-refractivity contribution in [3.8, 4) is 5.75 Å². The number of aryl methyl sites for hydroxylation is 1. The summed E-state index contributed by atoms with van der Waals surface area (Å²) in [6, 6.07) is 8.27. The predicted octanol–water partition coefficient (Wildman–Crippen LogP) is 3.62. The molecule has 0 N–H and O–H groups in total. The maximum atomic E-state index is 5.34. The van der Waals surface area contributed by atoms with Crippen LogP contribution >= 0.6 is 0 Å². The minimum absolute atomic E-state index is 0.944. The zero-order chi connectivity index (χ0) is 11.4. The van der Waals surface area contributed by atoms with Gasteiger partial charge in [0.1, 0.15) is 5.75 Å². The molecule has 0 atom stereocenters. The van der Waals surface area contributed by atoms with Gasteiger partial charge < -0.3 is 9.30 Å². The Morgan fingerprint density at radius 3 is 3.00 bits per heavy atom. The quantitative estimate of drug-likeness (QED) is 0.549. The van der Waals surface area contributed by atoms with Crippen molar-refractivity contribution in [2.75, 3.05) is 7.11 Å². The second-order valence-corrected chi connectivity index (χ2v) is 3.83. The molecule has 0 aliphatic carbocycles. The Bertz CT molecular complexity index is 484. The van der Waals surface area contributed by atoms with Crippen LogP contribution in [0.5, 0.6) is 5.75 Å². The third-order valence-electron chi connectivity index (χ3n) is 2.80. The van der Waals surface area contributed by atoms with E-state index in [1.54, 1.807) is 7.11 Å². The molecular formula is C14H17NO. The summed E-state index contributed by atoms with van der Waals surface area (Å²) in [5.74, 6) is 0.944. The zero-order valence-corrected chi connectivity index (χ0v) is 9.65. The standard InChI is InChI=1S/C14H17NO/c1-3-4-5-10-15-11-9-12-13(15)7-6-8-14(12)16-2/h3,6-9,11H,1,4-5,10H2,2H3. The second-order valence-electron chi connectivity index (χ2n) is 3.83. The Morgan fingerprint density at radius 1 is 1.38 bits per heavy atom. The van der Waals surface area contributed by atoms with Crippen LogP contribution < -0.4 is 4.74 Å². The van der Waals surface area contributed by atoms with Crippen molar-refractivity contribution >= 4 is 10.9 Å². The van der Waals surface area contributed by atoms with E-state index in [1.807, 2.05) is 18.2 Å². The fourth-order valence-corrected chi connectivity index (χ4v) is 1.97. The van der Waals surface area contributed by atoms with E-state index in [2.05, 4.69) is 29.5 Å². The summed E-state index contributed by atoms with van der Waals surface area (Å²) in [5, 5.41) is 1.18. The lowest BCUT2D eigenvalue weighted by atomic mass is 10.2. The van der Waals surface area contributed by atoms with Gasteiger partial charge in [-0.2, -0.15) is 0 Å². The Labute approximate surface area is 96.1 Å². The van der Waals surface area contributed by atoms with Crippen LogP contribution in [0.15, 0.2) is 43.1 Å². The molecule has 0 saturated heterocycles.